The van der Waals surface area contributed by atoms with Gasteiger partial charge < -0.3 is 10.4 Å². The van der Waals surface area contributed by atoms with Gasteiger partial charge >= 0.3 is 6.18 Å². The molecular formula is C18H15F3N5O-. The summed E-state index contributed by atoms with van der Waals surface area (Å²) < 4.78 is 38.6. The van der Waals surface area contributed by atoms with Gasteiger partial charge in [-0.25, -0.2) is 0 Å². The Morgan fingerprint density at radius 3 is 2.63 bits per heavy atom. The molecule has 27 heavy (non-hydrogen) atoms. The summed E-state index contributed by atoms with van der Waals surface area (Å²) in [6, 6.07) is 12.0. The first-order valence-corrected chi connectivity index (χ1v) is 8.05. The highest BCUT2D eigenvalue weighted by atomic mass is 19.4. The van der Waals surface area contributed by atoms with E-state index in [1.807, 2.05) is 31.2 Å². The third kappa shape index (κ3) is 4.69. The Bertz CT molecular complexity index is 925. The van der Waals surface area contributed by atoms with Crippen molar-refractivity contribution in [2.75, 3.05) is 5.32 Å². The molecule has 6 nitrogen and oxygen atoms in total. The quantitative estimate of drug-likeness (QED) is 0.742. The number of alkyl halides is 3. The van der Waals surface area contributed by atoms with E-state index >= 15 is 0 Å². The van der Waals surface area contributed by atoms with Gasteiger partial charge in [0, 0.05) is 11.5 Å². The molecule has 1 amide bonds. The van der Waals surface area contributed by atoms with Crippen molar-refractivity contribution in [3.63, 3.8) is 0 Å². The summed E-state index contributed by atoms with van der Waals surface area (Å²) >= 11 is 0. The van der Waals surface area contributed by atoms with E-state index in [1.54, 1.807) is 0 Å². The lowest BCUT2D eigenvalue weighted by atomic mass is 9.96. The van der Waals surface area contributed by atoms with Gasteiger partial charge in [-0.15, -0.1) is 0 Å². The van der Waals surface area contributed by atoms with E-state index in [1.165, 1.54) is 12.1 Å². The van der Waals surface area contributed by atoms with Crippen molar-refractivity contribution in [3.8, 4) is 0 Å². The van der Waals surface area contributed by atoms with E-state index < -0.39 is 23.6 Å². The maximum absolute atomic E-state index is 12.9. The van der Waals surface area contributed by atoms with E-state index in [4.69, 9.17) is 0 Å². The molecule has 0 bridgehead atoms. The summed E-state index contributed by atoms with van der Waals surface area (Å²) in [6.07, 6.45) is -4.23. The van der Waals surface area contributed by atoms with Crippen LogP contribution >= 0.6 is 0 Å². The lowest BCUT2D eigenvalue weighted by molar-refractivity contribution is -0.137. The number of hydrogen-bond donors (Lipinski definition) is 1. The standard InChI is InChI=1S/C18H16F3N5O/c1-11-4-2-5-12(8-11)9-15(16-23-25-26-24-16)17(27)22-14-7-3-6-13(10-14)18(19,20)21/h2-8,10,15H,9H2,1H3,(H2,22,23,24,25,26,27)/p-1. The largest absolute Gasteiger partial charge is 0.416 e. The predicted molar refractivity (Wildman–Crippen MR) is 90.8 cm³/mol. The topological polar surface area (TPSA) is 81.9 Å². The van der Waals surface area contributed by atoms with Crippen LogP contribution in [0.2, 0.25) is 0 Å². The highest BCUT2D eigenvalue weighted by molar-refractivity contribution is 5.95. The van der Waals surface area contributed by atoms with Crippen molar-refractivity contribution in [2.24, 2.45) is 0 Å². The normalized spacial score (nSPS) is 12.6. The minimum Gasteiger partial charge on any atom is -0.335 e. The lowest BCUT2D eigenvalue weighted by Crippen LogP contribution is -2.24. The molecule has 3 aromatic rings. The van der Waals surface area contributed by atoms with E-state index in [0.29, 0.717) is 0 Å². The molecule has 2 aromatic carbocycles. The number of halogens is 3. The van der Waals surface area contributed by atoms with Crippen molar-refractivity contribution in [1.29, 1.82) is 0 Å². The van der Waals surface area contributed by atoms with Crippen LogP contribution < -0.4 is 10.4 Å². The van der Waals surface area contributed by atoms with E-state index in [-0.39, 0.29) is 17.9 Å². The van der Waals surface area contributed by atoms with Crippen LogP contribution in [-0.2, 0) is 17.4 Å². The Hall–Kier alpha value is -3.23. The van der Waals surface area contributed by atoms with Gasteiger partial charge in [-0.3, -0.25) is 15.1 Å². The number of nitrogens with zero attached hydrogens (tertiary/aromatic N) is 4. The molecule has 0 aliphatic carbocycles. The van der Waals surface area contributed by atoms with Crippen molar-refractivity contribution >= 4 is 11.6 Å². The fraction of sp³-hybridized carbons (Fsp3) is 0.222. The smallest absolute Gasteiger partial charge is 0.335 e. The molecule has 1 unspecified atom stereocenters. The van der Waals surface area contributed by atoms with Crippen molar-refractivity contribution in [2.45, 2.75) is 25.4 Å². The van der Waals surface area contributed by atoms with Gasteiger partial charge in [-0.2, -0.15) is 18.4 Å². The Kier molecular flexibility index (Phi) is 5.20. The zero-order chi connectivity index (χ0) is 19.4. The summed E-state index contributed by atoms with van der Waals surface area (Å²) in [7, 11) is 0. The minimum atomic E-state index is -4.50. The molecule has 1 heterocycles. The van der Waals surface area contributed by atoms with Crippen molar-refractivity contribution in [1.82, 2.24) is 20.6 Å². The molecule has 0 radical (unpaired) electrons. The summed E-state index contributed by atoms with van der Waals surface area (Å²) in [5.74, 6) is -1.26. The molecular weight excluding hydrogens is 359 g/mol. The molecule has 0 aliphatic rings. The predicted octanol–water partition coefficient (Wildman–Crippen LogP) is 3.12. The number of tetrazole rings is 1. The number of nitrogens with one attached hydrogen (secondary N) is 1. The highest BCUT2D eigenvalue weighted by Gasteiger charge is 2.30. The van der Waals surface area contributed by atoms with Gasteiger partial charge in [0.2, 0.25) is 5.91 Å². The zero-order valence-electron chi connectivity index (χ0n) is 14.2. The number of aryl methyl sites for hydroxylation is 1. The lowest BCUT2D eigenvalue weighted by Gasteiger charge is -2.18. The zero-order valence-corrected chi connectivity index (χ0v) is 14.2. The van der Waals surface area contributed by atoms with Crippen LogP contribution in [0, 0.1) is 6.92 Å². The molecule has 0 saturated heterocycles. The summed E-state index contributed by atoms with van der Waals surface area (Å²) in [5.41, 5.74) is 1.08. The molecule has 1 N–H and O–H groups in total. The minimum absolute atomic E-state index is 0.0385. The second-order valence-electron chi connectivity index (χ2n) is 6.05. The molecule has 140 valence electrons. The number of anilines is 1. The number of hydrogen-bond acceptors (Lipinski definition) is 4. The van der Waals surface area contributed by atoms with Gasteiger partial charge in [0.15, 0.2) is 0 Å². The van der Waals surface area contributed by atoms with Crippen LogP contribution in [0.1, 0.15) is 28.4 Å². The average molecular weight is 374 g/mol. The van der Waals surface area contributed by atoms with E-state index in [9.17, 15) is 18.0 Å². The van der Waals surface area contributed by atoms with E-state index in [0.717, 1.165) is 23.3 Å². The number of rotatable bonds is 5. The van der Waals surface area contributed by atoms with Gasteiger partial charge in [0.05, 0.1) is 11.5 Å². The van der Waals surface area contributed by atoms with Crippen LogP contribution in [-0.4, -0.2) is 21.4 Å². The fourth-order valence-electron chi connectivity index (χ4n) is 2.67. The van der Waals surface area contributed by atoms with Crippen molar-refractivity contribution in [3.05, 3.63) is 71.0 Å². The molecule has 1 aromatic heterocycles. The molecule has 0 saturated carbocycles. The van der Waals surface area contributed by atoms with E-state index in [2.05, 4.69) is 25.9 Å². The van der Waals surface area contributed by atoms with Crippen LogP contribution in [0.25, 0.3) is 0 Å². The molecule has 9 heteroatoms. The van der Waals surface area contributed by atoms with Crippen LogP contribution in [0.15, 0.2) is 48.5 Å². The second kappa shape index (κ2) is 7.56. The Morgan fingerprint density at radius 1 is 1.19 bits per heavy atom. The van der Waals surface area contributed by atoms with Crippen LogP contribution in [0.3, 0.4) is 0 Å². The molecule has 1 atom stereocenters. The number of carbonyl (C=O) groups is 1. The summed E-state index contributed by atoms with van der Waals surface area (Å²) in [5, 5.41) is 16.8. The number of aromatic nitrogens is 4. The molecule has 0 aliphatic heterocycles. The van der Waals surface area contributed by atoms with Gasteiger partial charge in [0.1, 0.15) is 0 Å². The first kappa shape index (κ1) is 18.6. The maximum Gasteiger partial charge on any atom is 0.416 e. The van der Waals surface area contributed by atoms with Crippen LogP contribution in [0.4, 0.5) is 18.9 Å². The van der Waals surface area contributed by atoms with Gasteiger partial charge in [-0.05, 0) is 37.1 Å². The fourth-order valence-corrected chi connectivity index (χ4v) is 2.67. The first-order valence-electron chi connectivity index (χ1n) is 8.05. The Balaban J connectivity index is 1.84. The highest BCUT2D eigenvalue weighted by Crippen LogP contribution is 2.31. The van der Waals surface area contributed by atoms with Gasteiger partial charge in [0.25, 0.3) is 0 Å². The average Bonchev–Trinajstić information content (AvgIpc) is 3.13. The van der Waals surface area contributed by atoms with Gasteiger partial charge in [-0.1, -0.05) is 35.9 Å². The third-order valence-electron chi connectivity index (χ3n) is 3.94. The number of carbonyl (C=O) groups excluding carboxylic acids is 1. The molecule has 3 rings (SSSR count). The maximum atomic E-state index is 12.9. The van der Waals surface area contributed by atoms with Crippen LogP contribution in [0.5, 0.6) is 0 Å². The third-order valence-corrected chi connectivity index (χ3v) is 3.94. The summed E-state index contributed by atoms with van der Waals surface area (Å²) in [6.45, 7) is 1.92. The Labute approximate surface area is 152 Å². The first-order chi connectivity index (χ1) is 12.8. The SMILES string of the molecule is Cc1cccc(CC(C(=O)Nc2cccc(C(F)(F)F)c2)c2nnn[n-]2)c1. The number of benzene rings is 2. The monoisotopic (exact) mass is 374 g/mol. The number of amides is 1. The Morgan fingerprint density at radius 2 is 1.96 bits per heavy atom. The molecule has 0 fully saturated rings. The molecule has 0 spiro atoms. The second-order valence-corrected chi connectivity index (χ2v) is 6.05. The van der Waals surface area contributed by atoms with Crippen molar-refractivity contribution < 1.29 is 18.0 Å². The summed E-state index contributed by atoms with van der Waals surface area (Å²) in [4.78, 5) is 12.7.